The van der Waals surface area contributed by atoms with Gasteiger partial charge in [-0.15, -0.1) is 0 Å². The Balaban J connectivity index is 1.31. The number of ether oxygens (including phenoxy) is 2. The highest BCUT2D eigenvalue weighted by Crippen LogP contribution is 2.50. The zero-order valence-corrected chi connectivity index (χ0v) is 26.0. The molecule has 0 radical (unpaired) electrons. The van der Waals surface area contributed by atoms with Crippen LogP contribution in [0.4, 0.5) is 5.69 Å². The number of rotatable bonds is 17. The molecular weight excluding hydrogens is 555 g/mol. The van der Waals surface area contributed by atoms with Crippen LogP contribution in [0.5, 0.6) is 0 Å². The molecule has 0 aliphatic carbocycles. The molecule has 0 unspecified atom stereocenters. The number of nitrogens with one attached hydrogen (secondary N) is 1. The van der Waals surface area contributed by atoms with Crippen molar-refractivity contribution in [2.75, 3.05) is 44.5 Å². The summed E-state index contributed by atoms with van der Waals surface area (Å²) in [7, 11) is -2.64. The Morgan fingerprint density at radius 3 is 2.17 bits per heavy atom. The van der Waals surface area contributed by atoms with Crippen LogP contribution in [0, 0.1) is 11.8 Å². The zero-order chi connectivity index (χ0) is 30.4. The SMILES string of the molecule is C=P(OCCOCCOCCNC(=O)CCC(=O)N1Cc2ccccc2C#Cc2ccccc21)(OC(C)C)OC(C)C. The largest absolute Gasteiger partial charge is 0.377 e. The molecule has 0 bridgehead atoms. The standard InChI is InChI=1S/C32H43N2O7P/c1-25(2)40-42(5,41-26(3)4)39-23-22-38-21-20-37-19-18-33-31(35)16-17-32(36)34-24-29-12-7-6-10-27(29)14-15-28-11-8-9-13-30(28)34/h6-13,25-26H,5,16-24H2,1-4H3,(H,33,35). The van der Waals surface area contributed by atoms with Gasteiger partial charge in [0, 0.05) is 30.5 Å². The fraction of sp³-hybridized carbons (Fsp3) is 0.469. The molecule has 2 aromatic carbocycles. The van der Waals surface area contributed by atoms with Crippen molar-refractivity contribution in [2.24, 2.45) is 0 Å². The number of fused-ring (bicyclic) bond motifs is 2. The van der Waals surface area contributed by atoms with Crippen LogP contribution in [0.1, 0.15) is 57.2 Å². The molecule has 1 N–H and O–H groups in total. The first-order valence-corrected chi connectivity index (χ1v) is 16.1. The topological polar surface area (TPSA) is 95.6 Å². The third-order valence-electron chi connectivity index (χ3n) is 5.94. The van der Waals surface area contributed by atoms with E-state index >= 15 is 0 Å². The number of nitrogens with zero attached hydrogens (tertiary/aromatic N) is 1. The Morgan fingerprint density at radius 2 is 1.45 bits per heavy atom. The lowest BCUT2D eigenvalue weighted by Gasteiger charge is -2.27. The van der Waals surface area contributed by atoms with Crippen molar-refractivity contribution in [3.05, 3.63) is 65.2 Å². The van der Waals surface area contributed by atoms with E-state index in [4.69, 9.17) is 23.0 Å². The smallest absolute Gasteiger partial charge is 0.251 e. The van der Waals surface area contributed by atoms with Gasteiger partial charge in [-0.1, -0.05) is 42.2 Å². The van der Waals surface area contributed by atoms with Crippen molar-refractivity contribution < 1.29 is 32.6 Å². The van der Waals surface area contributed by atoms with Crippen LogP contribution in [0.25, 0.3) is 0 Å². The van der Waals surface area contributed by atoms with Crippen molar-refractivity contribution in [3.63, 3.8) is 0 Å². The van der Waals surface area contributed by atoms with Crippen LogP contribution in [0.15, 0.2) is 48.5 Å². The highest BCUT2D eigenvalue weighted by Gasteiger charge is 2.22. The molecule has 0 fully saturated rings. The molecule has 0 spiro atoms. The summed E-state index contributed by atoms with van der Waals surface area (Å²) in [5, 5.41) is 2.81. The number of carbonyl (C=O) groups is 2. The monoisotopic (exact) mass is 598 g/mol. The molecule has 1 aliphatic heterocycles. The van der Waals surface area contributed by atoms with Crippen LogP contribution in [0.2, 0.25) is 0 Å². The summed E-state index contributed by atoms with van der Waals surface area (Å²) in [6.45, 7) is 10.2. The van der Waals surface area contributed by atoms with Gasteiger partial charge in [-0.3, -0.25) is 9.59 Å². The Labute approximate surface area is 250 Å². The van der Waals surface area contributed by atoms with Gasteiger partial charge in [-0.25, -0.2) is 0 Å². The number of hydrogen-bond acceptors (Lipinski definition) is 7. The van der Waals surface area contributed by atoms with Gasteiger partial charge < -0.3 is 33.3 Å². The Morgan fingerprint density at radius 1 is 0.857 bits per heavy atom. The van der Waals surface area contributed by atoms with Gasteiger partial charge in [-0.05, 0) is 57.8 Å². The van der Waals surface area contributed by atoms with Crippen molar-refractivity contribution in [3.8, 4) is 11.8 Å². The Hall–Kier alpha value is -2.96. The van der Waals surface area contributed by atoms with Gasteiger partial charge in [0.15, 0.2) is 0 Å². The lowest BCUT2D eigenvalue weighted by atomic mass is 10.0. The van der Waals surface area contributed by atoms with Crippen LogP contribution in [-0.4, -0.2) is 69.9 Å². The molecule has 1 heterocycles. The summed E-state index contributed by atoms with van der Waals surface area (Å²) in [6, 6.07) is 15.4. The average molecular weight is 599 g/mol. The minimum absolute atomic E-state index is 0.0558. The lowest BCUT2D eigenvalue weighted by Crippen LogP contribution is -2.34. The number of anilines is 1. The van der Waals surface area contributed by atoms with Crippen LogP contribution in [-0.2, 0) is 39.2 Å². The Kier molecular flexibility index (Phi) is 13.8. The predicted molar refractivity (Wildman–Crippen MR) is 166 cm³/mol. The van der Waals surface area contributed by atoms with Crippen LogP contribution in [0.3, 0.4) is 0 Å². The number of para-hydroxylation sites is 1. The summed E-state index contributed by atoms with van der Waals surface area (Å²) in [5.41, 5.74) is 3.42. The maximum Gasteiger partial charge on any atom is 0.251 e. The van der Waals surface area contributed by atoms with Gasteiger partial charge in [0.25, 0.3) is 7.57 Å². The van der Waals surface area contributed by atoms with E-state index in [9.17, 15) is 9.59 Å². The van der Waals surface area contributed by atoms with Crippen LogP contribution >= 0.6 is 7.57 Å². The molecule has 0 aromatic heterocycles. The molecule has 2 aromatic rings. The number of hydrogen-bond donors (Lipinski definition) is 1. The summed E-state index contributed by atoms with van der Waals surface area (Å²) in [5.74, 6) is 6.07. The number of benzene rings is 2. The molecule has 1 aliphatic rings. The van der Waals surface area contributed by atoms with Gasteiger partial charge in [0.1, 0.15) is 0 Å². The second-order valence-corrected chi connectivity index (χ2v) is 12.1. The van der Waals surface area contributed by atoms with Crippen molar-refractivity contribution in [2.45, 2.75) is 59.3 Å². The molecule has 0 saturated heterocycles. The summed E-state index contributed by atoms with van der Waals surface area (Å²) in [6.07, 6.45) is 4.07. The number of amides is 2. The third-order valence-corrected chi connectivity index (χ3v) is 8.00. The summed E-state index contributed by atoms with van der Waals surface area (Å²) in [4.78, 5) is 27.4. The molecule has 0 atom stereocenters. The molecule has 0 saturated carbocycles. The minimum Gasteiger partial charge on any atom is -0.377 e. The predicted octanol–water partition coefficient (Wildman–Crippen LogP) is 4.92. The molecule has 10 heteroatoms. The summed E-state index contributed by atoms with van der Waals surface area (Å²) < 4.78 is 28.3. The van der Waals surface area contributed by atoms with Crippen molar-refractivity contribution >= 4 is 31.4 Å². The second-order valence-electron chi connectivity index (χ2n) is 10.2. The molecule has 2 amide bonds. The van der Waals surface area contributed by atoms with Crippen molar-refractivity contribution in [1.82, 2.24) is 5.32 Å². The van der Waals surface area contributed by atoms with E-state index in [0.29, 0.717) is 46.1 Å². The highest BCUT2D eigenvalue weighted by atomic mass is 31.2. The maximum absolute atomic E-state index is 13.2. The zero-order valence-electron chi connectivity index (χ0n) is 25.1. The van der Waals surface area contributed by atoms with E-state index in [0.717, 1.165) is 22.4 Å². The molecule has 9 nitrogen and oxygen atoms in total. The van der Waals surface area contributed by atoms with E-state index in [1.807, 2.05) is 76.2 Å². The normalized spacial score (nSPS) is 12.7. The van der Waals surface area contributed by atoms with E-state index < -0.39 is 7.57 Å². The number of carbonyl (C=O) groups excluding carboxylic acids is 2. The first-order chi connectivity index (χ1) is 20.2. The van der Waals surface area contributed by atoms with Gasteiger partial charge in [0.2, 0.25) is 11.8 Å². The second kappa shape index (κ2) is 17.2. The van der Waals surface area contributed by atoms with Crippen LogP contribution < -0.4 is 10.2 Å². The summed E-state index contributed by atoms with van der Waals surface area (Å²) >= 11 is 0. The molecular formula is C32H43N2O7P. The fourth-order valence-corrected chi connectivity index (χ4v) is 6.01. The molecule has 3 rings (SSSR count). The highest BCUT2D eigenvalue weighted by molar-refractivity contribution is 7.59. The average Bonchev–Trinajstić information content (AvgIpc) is 2.93. The minimum atomic E-state index is -2.64. The van der Waals surface area contributed by atoms with E-state index in [1.54, 1.807) is 4.90 Å². The van der Waals surface area contributed by atoms with Gasteiger partial charge in [-0.2, -0.15) is 0 Å². The lowest BCUT2D eigenvalue weighted by molar-refractivity contribution is -0.125. The maximum atomic E-state index is 13.2. The quantitative estimate of drug-likeness (QED) is 0.157. The fourth-order valence-electron chi connectivity index (χ4n) is 4.20. The van der Waals surface area contributed by atoms with E-state index in [1.165, 1.54) is 0 Å². The van der Waals surface area contributed by atoms with E-state index in [-0.39, 0.29) is 36.9 Å². The van der Waals surface area contributed by atoms with E-state index in [2.05, 4.69) is 23.5 Å². The van der Waals surface area contributed by atoms with Crippen molar-refractivity contribution in [1.29, 1.82) is 0 Å². The molecule has 228 valence electrons. The molecule has 42 heavy (non-hydrogen) atoms. The Bertz CT molecular complexity index is 1270. The first kappa shape index (κ1) is 33.5. The third kappa shape index (κ3) is 11.4. The van der Waals surface area contributed by atoms with Gasteiger partial charge in [0.05, 0.1) is 57.5 Å². The first-order valence-electron chi connectivity index (χ1n) is 14.3. The van der Waals surface area contributed by atoms with Gasteiger partial charge >= 0.3 is 0 Å².